The monoisotopic (exact) mass is 478 g/mol. The van der Waals surface area contributed by atoms with Gasteiger partial charge in [0, 0.05) is 30.8 Å². The summed E-state index contributed by atoms with van der Waals surface area (Å²) in [5.74, 6) is 0.103. The van der Waals surface area contributed by atoms with Crippen molar-refractivity contribution in [2.24, 2.45) is 0 Å². The summed E-state index contributed by atoms with van der Waals surface area (Å²) in [7, 11) is 0. The van der Waals surface area contributed by atoms with Gasteiger partial charge in [0.1, 0.15) is 11.9 Å². The van der Waals surface area contributed by atoms with E-state index in [9.17, 15) is 14.0 Å². The second kappa shape index (κ2) is 13.6. The minimum atomic E-state index is -0.738. The predicted octanol–water partition coefficient (Wildman–Crippen LogP) is 5.23. The molecule has 3 aromatic carbocycles. The lowest BCUT2D eigenvalue weighted by Crippen LogP contribution is -2.51. The molecule has 1 atom stereocenters. The molecular weight excluding hydrogens is 447 g/mol. The summed E-state index contributed by atoms with van der Waals surface area (Å²) >= 11 is 1.49. The Morgan fingerprint density at radius 2 is 1.53 bits per heavy atom. The molecule has 0 aliphatic rings. The van der Waals surface area contributed by atoms with Crippen LogP contribution in [-0.2, 0) is 28.3 Å². The van der Waals surface area contributed by atoms with Crippen molar-refractivity contribution in [3.8, 4) is 0 Å². The van der Waals surface area contributed by atoms with E-state index < -0.39 is 6.04 Å². The van der Waals surface area contributed by atoms with E-state index in [1.165, 1.54) is 22.7 Å². The first kappa shape index (κ1) is 25.5. The van der Waals surface area contributed by atoms with Crippen LogP contribution in [0.1, 0.15) is 30.0 Å². The lowest BCUT2D eigenvalue weighted by atomic mass is 10.0. The molecule has 178 valence electrons. The van der Waals surface area contributed by atoms with E-state index in [1.54, 1.807) is 18.2 Å². The summed E-state index contributed by atoms with van der Waals surface area (Å²) in [5.41, 5.74) is 2.47. The second-order valence-corrected chi connectivity index (χ2v) is 9.07. The summed E-state index contributed by atoms with van der Waals surface area (Å²) in [6.45, 7) is 2.54. The zero-order valence-corrected chi connectivity index (χ0v) is 20.3. The average Bonchev–Trinajstić information content (AvgIpc) is 2.87. The number of thioether (sulfide) groups is 1. The Bertz CT molecular complexity index is 1050. The first-order valence-corrected chi connectivity index (χ1v) is 12.7. The Morgan fingerprint density at radius 1 is 0.912 bits per heavy atom. The van der Waals surface area contributed by atoms with Crippen LogP contribution in [-0.4, -0.2) is 35.1 Å². The van der Waals surface area contributed by atoms with Gasteiger partial charge in [-0.2, -0.15) is 0 Å². The van der Waals surface area contributed by atoms with Crippen LogP contribution >= 0.6 is 11.8 Å². The van der Waals surface area contributed by atoms with Gasteiger partial charge in [0.05, 0.1) is 5.75 Å². The van der Waals surface area contributed by atoms with Gasteiger partial charge < -0.3 is 10.2 Å². The molecule has 6 heteroatoms. The van der Waals surface area contributed by atoms with Crippen molar-refractivity contribution in [3.05, 3.63) is 107 Å². The normalized spacial score (nSPS) is 11.6. The van der Waals surface area contributed by atoms with Gasteiger partial charge in [0.25, 0.3) is 0 Å². The van der Waals surface area contributed by atoms with Gasteiger partial charge in [0.15, 0.2) is 0 Å². The van der Waals surface area contributed by atoms with Crippen LogP contribution < -0.4 is 5.32 Å². The molecule has 0 bridgehead atoms. The number of rotatable bonds is 12. The second-order valence-electron chi connectivity index (χ2n) is 8.09. The van der Waals surface area contributed by atoms with Gasteiger partial charge >= 0.3 is 0 Å². The van der Waals surface area contributed by atoms with E-state index in [0.717, 1.165) is 17.5 Å². The van der Waals surface area contributed by atoms with Gasteiger partial charge in [0.2, 0.25) is 11.8 Å². The third-order valence-electron chi connectivity index (χ3n) is 5.46. The van der Waals surface area contributed by atoms with Crippen LogP contribution in [0.15, 0.2) is 84.9 Å². The maximum Gasteiger partial charge on any atom is 0.243 e. The summed E-state index contributed by atoms with van der Waals surface area (Å²) in [6.07, 6.45) is 1.15. The standard InChI is InChI=1S/C28H31FN2O2S/c1-2-17-30-28(33)26(18-22-11-5-3-6-12-22)31(19-24-15-9-10-16-25(24)29)27(32)21-34-20-23-13-7-4-8-14-23/h3-16,26H,2,17-21H2,1H3,(H,30,33). The topological polar surface area (TPSA) is 49.4 Å². The molecule has 34 heavy (non-hydrogen) atoms. The number of amides is 2. The number of halogens is 1. The molecule has 0 aromatic heterocycles. The van der Waals surface area contributed by atoms with Crippen LogP contribution in [0, 0.1) is 5.82 Å². The van der Waals surface area contributed by atoms with Crippen molar-refractivity contribution >= 4 is 23.6 Å². The van der Waals surface area contributed by atoms with Crippen molar-refractivity contribution in [1.82, 2.24) is 10.2 Å². The molecule has 0 spiro atoms. The maximum absolute atomic E-state index is 14.5. The van der Waals surface area contributed by atoms with E-state index in [1.807, 2.05) is 67.6 Å². The highest BCUT2D eigenvalue weighted by molar-refractivity contribution is 7.99. The molecule has 2 amide bonds. The third-order valence-corrected chi connectivity index (χ3v) is 6.44. The van der Waals surface area contributed by atoms with E-state index in [4.69, 9.17) is 0 Å². The summed E-state index contributed by atoms with van der Waals surface area (Å²) in [4.78, 5) is 28.2. The van der Waals surface area contributed by atoms with Crippen LogP contribution in [0.5, 0.6) is 0 Å². The number of benzene rings is 3. The van der Waals surface area contributed by atoms with Crippen LogP contribution in [0.3, 0.4) is 0 Å². The SMILES string of the molecule is CCCNC(=O)C(Cc1ccccc1)N(Cc1ccccc1F)C(=O)CSCc1ccccc1. The van der Waals surface area contributed by atoms with Crippen molar-refractivity contribution in [2.75, 3.05) is 12.3 Å². The fourth-order valence-electron chi connectivity index (χ4n) is 3.64. The molecule has 3 rings (SSSR count). The molecule has 1 unspecified atom stereocenters. The molecule has 3 aromatic rings. The molecule has 0 heterocycles. The molecule has 0 aliphatic heterocycles. The Labute approximate surface area is 205 Å². The van der Waals surface area contributed by atoms with Gasteiger partial charge in [-0.3, -0.25) is 9.59 Å². The zero-order valence-electron chi connectivity index (χ0n) is 19.5. The molecular formula is C28H31FN2O2S. The Kier molecular flexibility index (Phi) is 10.2. The quantitative estimate of drug-likeness (QED) is 0.388. The minimum Gasteiger partial charge on any atom is -0.354 e. The number of nitrogens with zero attached hydrogens (tertiary/aromatic N) is 1. The van der Waals surface area contributed by atoms with E-state index in [0.29, 0.717) is 24.3 Å². The number of nitrogens with one attached hydrogen (secondary N) is 1. The number of hydrogen-bond acceptors (Lipinski definition) is 3. The van der Waals surface area contributed by atoms with Crippen molar-refractivity contribution < 1.29 is 14.0 Å². The fraction of sp³-hybridized carbons (Fsp3) is 0.286. The lowest BCUT2D eigenvalue weighted by molar-refractivity contribution is -0.139. The fourth-order valence-corrected chi connectivity index (χ4v) is 4.51. The highest BCUT2D eigenvalue weighted by Crippen LogP contribution is 2.19. The molecule has 0 radical (unpaired) electrons. The van der Waals surface area contributed by atoms with E-state index >= 15 is 0 Å². The first-order valence-electron chi connectivity index (χ1n) is 11.5. The number of hydrogen-bond donors (Lipinski definition) is 1. The predicted molar refractivity (Wildman–Crippen MR) is 137 cm³/mol. The summed E-state index contributed by atoms with van der Waals surface area (Å²) in [5, 5.41) is 2.94. The lowest BCUT2D eigenvalue weighted by Gasteiger charge is -2.31. The molecule has 4 nitrogen and oxygen atoms in total. The number of carbonyl (C=O) groups excluding carboxylic acids is 2. The molecule has 0 fully saturated rings. The highest BCUT2D eigenvalue weighted by atomic mass is 32.2. The Balaban J connectivity index is 1.84. The van der Waals surface area contributed by atoms with Crippen molar-refractivity contribution in [3.63, 3.8) is 0 Å². The van der Waals surface area contributed by atoms with Gasteiger partial charge in [-0.05, 0) is 23.6 Å². The molecule has 0 saturated carbocycles. The molecule has 0 saturated heterocycles. The average molecular weight is 479 g/mol. The Morgan fingerprint density at radius 3 is 2.18 bits per heavy atom. The summed E-state index contributed by atoms with van der Waals surface area (Å²) in [6, 6.07) is 25.2. The van der Waals surface area contributed by atoms with Crippen LogP contribution in [0.25, 0.3) is 0 Å². The Hall–Kier alpha value is -3.12. The van der Waals surface area contributed by atoms with Crippen LogP contribution in [0.2, 0.25) is 0 Å². The maximum atomic E-state index is 14.5. The van der Waals surface area contributed by atoms with Gasteiger partial charge in [-0.15, -0.1) is 11.8 Å². The van der Waals surface area contributed by atoms with Crippen molar-refractivity contribution in [2.45, 2.75) is 38.1 Å². The van der Waals surface area contributed by atoms with Gasteiger partial charge in [-0.1, -0.05) is 85.8 Å². The molecule has 1 N–H and O–H groups in total. The van der Waals surface area contributed by atoms with Crippen LogP contribution in [0.4, 0.5) is 4.39 Å². The third kappa shape index (κ3) is 7.73. The smallest absolute Gasteiger partial charge is 0.243 e. The first-order chi connectivity index (χ1) is 16.6. The van der Waals surface area contributed by atoms with E-state index in [2.05, 4.69) is 5.32 Å². The number of carbonyl (C=O) groups is 2. The summed E-state index contributed by atoms with van der Waals surface area (Å²) < 4.78 is 14.5. The van der Waals surface area contributed by atoms with E-state index in [-0.39, 0.29) is 29.9 Å². The molecule has 0 aliphatic carbocycles. The largest absolute Gasteiger partial charge is 0.354 e. The minimum absolute atomic E-state index is 0.0362. The van der Waals surface area contributed by atoms with Crippen molar-refractivity contribution in [1.29, 1.82) is 0 Å². The highest BCUT2D eigenvalue weighted by Gasteiger charge is 2.30. The zero-order chi connectivity index (χ0) is 24.2. The van der Waals surface area contributed by atoms with Gasteiger partial charge in [-0.25, -0.2) is 4.39 Å².